The van der Waals surface area contributed by atoms with Gasteiger partial charge in [0.15, 0.2) is 0 Å². The lowest BCUT2D eigenvalue weighted by Crippen LogP contribution is -2.15. The molecule has 11 heteroatoms. The fourth-order valence-corrected chi connectivity index (χ4v) is 0.360. The van der Waals surface area contributed by atoms with E-state index in [0.29, 0.717) is 6.42 Å². The van der Waals surface area contributed by atoms with Gasteiger partial charge >= 0.3 is 0 Å². The van der Waals surface area contributed by atoms with Crippen LogP contribution in [0.5, 0.6) is 0 Å². The van der Waals surface area contributed by atoms with Gasteiger partial charge in [0, 0.05) is 6.61 Å². The first kappa shape index (κ1) is 31.3. The maximum absolute atomic E-state index is 8.39. The molecule has 0 aromatic carbocycles. The van der Waals surface area contributed by atoms with E-state index < -0.39 is 18.3 Å². The molecule has 11 nitrogen and oxygen atoms in total. The maximum atomic E-state index is 8.39. The predicted molar refractivity (Wildman–Crippen MR) is 83.9 cm³/mol. The van der Waals surface area contributed by atoms with E-state index in [1.54, 1.807) is 6.92 Å². The maximum Gasteiger partial charge on any atom is 0.100 e. The molecule has 1 atom stereocenters. The van der Waals surface area contributed by atoms with Crippen LogP contribution in [-0.2, 0) is 0 Å². The topological polar surface area (TPSA) is 223 Å². The molecule has 11 N–H and O–H groups in total. The normalized spacial score (nSPS) is 11.1. The van der Waals surface area contributed by atoms with Gasteiger partial charge in [0.2, 0.25) is 0 Å². The summed E-state index contributed by atoms with van der Waals surface area (Å²) in [4.78, 5) is 0. The quantitative estimate of drug-likeness (QED) is 0.195. The molecule has 0 aromatic rings. The van der Waals surface area contributed by atoms with Crippen molar-refractivity contribution in [2.75, 3.05) is 46.2 Å². The minimum Gasteiger partial charge on any atom is -0.396 e. The fraction of sp³-hybridized carbons (Fsp3) is 1.00. The lowest BCUT2D eigenvalue weighted by Gasteiger charge is -1.96. The highest BCUT2D eigenvalue weighted by atomic mass is 16.4. The molecule has 0 heterocycles. The fourth-order valence-electron chi connectivity index (χ4n) is 0.360. The molecular weight excluding hydrogens is 332 g/mol. The third-order valence-electron chi connectivity index (χ3n) is 1.81. The van der Waals surface area contributed by atoms with Crippen LogP contribution in [0.1, 0.15) is 13.3 Å². The molecular formula is C13H34O11. The highest BCUT2D eigenvalue weighted by Crippen LogP contribution is 1.83. The largest absolute Gasteiger partial charge is 0.396 e. The number of aliphatic hydroxyl groups is 11. The zero-order valence-corrected chi connectivity index (χ0v) is 13.9. The zero-order chi connectivity index (χ0) is 20.0. The third kappa shape index (κ3) is 43.0. The third-order valence-corrected chi connectivity index (χ3v) is 1.81. The summed E-state index contributed by atoms with van der Waals surface area (Å²) in [7, 11) is 0. The zero-order valence-electron chi connectivity index (χ0n) is 13.9. The molecule has 0 radical (unpaired) electrons. The van der Waals surface area contributed by atoms with Crippen molar-refractivity contribution in [1.29, 1.82) is 0 Å². The summed E-state index contributed by atoms with van der Waals surface area (Å²) >= 11 is 0. The summed E-state index contributed by atoms with van der Waals surface area (Å²) < 4.78 is 0. The number of rotatable bonds is 8. The highest BCUT2D eigenvalue weighted by molar-refractivity contribution is 4.45. The summed E-state index contributed by atoms with van der Waals surface area (Å²) in [5, 5.41) is 88.5. The Bertz CT molecular complexity index is 159. The van der Waals surface area contributed by atoms with Crippen LogP contribution in [0.15, 0.2) is 0 Å². The number of hydrogen-bond acceptors (Lipinski definition) is 11. The molecule has 0 aliphatic carbocycles. The van der Waals surface area contributed by atoms with Crippen LogP contribution in [0, 0.1) is 0 Å². The first-order chi connectivity index (χ1) is 11.2. The second-order valence-corrected chi connectivity index (χ2v) is 4.42. The van der Waals surface area contributed by atoms with Crippen molar-refractivity contribution in [1.82, 2.24) is 0 Å². The Kier molecular flexibility index (Phi) is 35.8. The van der Waals surface area contributed by atoms with Crippen LogP contribution in [0.2, 0.25) is 0 Å². The lowest BCUT2D eigenvalue weighted by molar-refractivity contribution is 0.0450. The number of hydrogen-bond donors (Lipinski definition) is 11. The molecule has 0 saturated heterocycles. The molecule has 0 rings (SSSR count). The second-order valence-electron chi connectivity index (χ2n) is 4.42. The molecule has 24 heavy (non-hydrogen) atoms. The van der Waals surface area contributed by atoms with E-state index in [1.165, 1.54) is 0 Å². The van der Waals surface area contributed by atoms with Gasteiger partial charge in [-0.2, -0.15) is 0 Å². The van der Waals surface area contributed by atoms with Crippen LogP contribution in [0.4, 0.5) is 0 Å². The van der Waals surface area contributed by atoms with Gasteiger partial charge in [-0.25, -0.2) is 0 Å². The lowest BCUT2D eigenvalue weighted by atomic mass is 10.3. The Balaban J connectivity index is -0.000000111. The SMILES string of the molecule is CC(O)CCO.OCC(O)CO.OCC(O)CO.OCC(O)CO. The first-order valence-electron chi connectivity index (χ1n) is 7.18. The molecule has 0 amide bonds. The minimum absolute atomic E-state index is 0.0810. The second kappa shape index (κ2) is 27.4. The van der Waals surface area contributed by atoms with Crippen LogP contribution in [0.25, 0.3) is 0 Å². The van der Waals surface area contributed by atoms with Gasteiger partial charge in [-0.1, -0.05) is 0 Å². The molecule has 152 valence electrons. The summed E-state index contributed by atoms with van der Waals surface area (Å²) in [5.41, 5.74) is 0. The van der Waals surface area contributed by atoms with Crippen LogP contribution >= 0.6 is 0 Å². The number of aliphatic hydroxyl groups excluding tert-OH is 11. The van der Waals surface area contributed by atoms with Crippen molar-refractivity contribution in [3.8, 4) is 0 Å². The van der Waals surface area contributed by atoms with Crippen molar-refractivity contribution in [3.63, 3.8) is 0 Å². The van der Waals surface area contributed by atoms with Gasteiger partial charge in [-0.15, -0.1) is 0 Å². The first-order valence-corrected chi connectivity index (χ1v) is 7.18. The Labute approximate surface area is 141 Å². The van der Waals surface area contributed by atoms with E-state index >= 15 is 0 Å². The van der Waals surface area contributed by atoms with E-state index in [1.807, 2.05) is 0 Å². The van der Waals surface area contributed by atoms with Crippen molar-refractivity contribution in [3.05, 3.63) is 0 Å². The van der Waals surface area contributed by atoms with Gasteiger partial charge < -0.3 is 56.2 Å². The minimum atomic E-state index is -0.954. The molecule has 0 aromatic heterocycles. The van der Waals surface area contributed by atoms with E-state index in [0.717, 1.165) is 0 Å². The predicted octanol–water partition coefficient (Wildman–Crippen LogP) is -5.25. The Morgan fingerprint density at radius 2 is 0.708 bits per heavy atom. The molecule has 0 aliphatic rings. The van der Waals surface area contributed by atoms with Gasteiger partial charge in [-0.05, 0) is 13.3 Å². The summed E-state index contributed by atoms with van der Waals surface area (Å²) in [5.74, 6) is 0. The smallest absolute Gasteiger partial charge is 0.100 e. The Morgan fingerprint density at radius 1 is 0.500 bits per heavy atom. The van der Waals surface area contributed by atoms with E-state index in [9.17, 15) is 0 Å². The van der Waals surface area contributed by atoms with Crippen molar-refractivity contribution in [2.24, 2.45) is 0 Å². The van der Waals surface area contributed by atoms with E-state index in [2.05, 4.69) is 0 Å². The average molecular weight is 366 g/mol. The van der Waals surface area contributed by atoms with E-state index in [-0.39, 0.29) is 52.4 Å². The van der Waals surface area contributed by atoms with Crippen molar-refractivity contribution in [2.45, 2.75) is 37.8 Å². The van der Waals surface area contributed by atoms with Gasteiger partial charge in [0.25, 0.3) is 0 Å². The van der Waals surface area contributed by atoms with Crippen LogP contribution in [-0.4, -0.2) is 127 Å². The molecule has 0 saturated carbocycles. The summed E-state index contributed by atoms with van der Waals surface area (Å²) in [6.45, 7) is -0.457. The highest BCUT2D eigenvalue weighted by Gasteiger charge is 1.94. The molecule has 0 fully saturated rings. The molecule has 0 aliphatic heterocycles. The molecule has 1 unspecified atom stereocenters. The monoisotopic (exact) mass is 366 g/mol. The standard InChI is InChI=1S/C4H10O2.3C3H8O3/c1-4(6)2-3-5;3*4-1-3(6)2-5/h4-6H,2-3H2,1H3;3*3-6H,1-2H2. The van der Waals surface area contributed by atoms with Gasteiger partial charge in [0.1, 0.15) is 18.3 Å². The van der Waals surface area contributed by atoms with Crippen molar-refractivity contribution >= 4 is 0 Å². The average Bonchev–Trinajstić information content (AvgIpc) is 2.60. The summed E-state index contributed by atoms with van der Waals surface area (Å²) in [6.07, 6.45) is -2.73. The van der Waals surface area contributed by atoms with Gasteiger partial charge in [-0.3, -0.25) is 0 Å². The summed E-state index contributed by atoms with van der Waals surface area (Å²) in [6, 6.07) is 0. The van der Waals surface area contributed by atoms with Crippen LogP contribution in [0.3, 0.4) is 0 Å². The Morgan fingerprint density at radius 3 is 0.708 bits per heavy atom. The van der Waals surface area contributed by atoms with E-state index in [4.69, 9.17) is 56.2 Å². The Hall–Kier alpha value is -0.440. The molecule has 0 bridgehead atoms. The van der Waals surface area contributed by atoms with Gasteiger partial charge in [0.05, 0.1) is 45.7 Å². The van der Waals surface area contributed by atoms with Crippen molar-refractivity contribution < 1.29 is 56.2 Å². The molecule has 0 spiro atoms. The van der Waals surface area contributed by atoms with Crippen LogP contribution < -0.4 is 0 Å².